The van der Waals surface area contributed by atoms with Gasteiger partial charge in [0, 0.05) is 11.3 Å². The molecular weight excluding hydrogens is 258 g/mol. The van der Waals surface area contributed by atoms with E-state index in [2.05, 4.69) is 11.1 Å². The molecule has 0 aliphatic heterocycles. The molecule has 0 aliphatic carbocycles. The van der Waals surface area contributed by atoms with Gasteiger partial charge in [0.25, 0.3) is 5.22 Å². The maximum Gasteiger partial charge on any atom is 0.257 e. The van der Waals surface area contributed by atoms with Crippen LogP contribution in [0.2, 0.25) is 0 Å². The highest BCUT2D eigenvalue weighted by Gasteiger charge is 2.08. The Hall–Kier alpha value is -1.94. The third-order valence-electron chi connectivity index (χ3n) is 2.82. The maximum absolute atomic E-state index is 5.67. The van der Waals surface area contributed by atoms with Crippen LogP contribution in [0.25, 0.3) is 11.1 Å². The third kappa shape index (κ3) is 2.58. The minimum Gasteiger partial charge on any atom is -0.496 e. The second kappa shape index (κ2) is 5.36. The molecule has 2 aromatic carbocycles. The summed E-state index contributed by atoms with van der Waals surface area (Å²) in [5.41, 5.74) is 2.85. The molecule has 3 aromatic rings. The average molecular weight is 271 g/mol. The van der Waals surface area contributed by atoms with Gasteiger partial charge in [0.2, 0.25) is 0 Å². The Morgan fingerprint density at radius 1 is 1.11 bits per heavy atom. The van der Waals surface area contributed by atoms with Crippen LogP contribution in [0, 0.1) is 0 Å². The summed E-state index contributed by atoms with van der Waals surface area (Å²) in [7, 11) is 1.68. The van der Waals surface area contributed by atoms with Crippen LogP contribution in [0.15, 0.2) is 58.2 Å². The van der Waals surface area contributed by atoms with Gasteiger partial charge in [0.05, 0.1) is 7.11 Å². The van der Waals surface area contributed by atoms with Crippen LogP contribution < -0.4 is 4.74 Å². The van der Waals surface area contributed by atoms with Crippen LogP contribution in [0.1, 0.15) is 5.56 Å². The first-order valence-electron chi connectivity index (χ1n) is 5.97. The molecule has 19 heavy (non-hydrogen) atoms. The number of para-hydroxylation sites is 3. The monoisotopic (exact) mass is 271 g/mol. The van der Waals surface area contributed by atoms with Gasteiger partial charge in [-0.05, 0) is 18.2 Å². The number of aromatic nitrogens is 1. The minimum atomic E-state index is 0.687. The number of fused-ring (bicyclic) bond motifs is 1. The van der Waals surface area contributed by atoms with Crippen molar-refractivity contribution >= 4 is 22.9 Å². The molecule has 1 aromatic heterocycles. The Bertz CT molecular complexity index is 660. The smallest absolute Gasteiger partial charge is 0.257 e. The van der Waals surface area contributed by atoms with Gasteiger partial charge in [-0.3, -0.25) is 0 Å². The van der Waals surface area contributed by atoms with Crippen LogP contribution in [0.4, 0.5) is 0 Å². The molecule has 0 atom stereocenters. The van der Waals surface area contributed by atoms with E-state index >= 15 is 0 Å². The molecule has 0 aliphatic rings. The number of rotatable bonds is 4. The number of benzene rings is 2. The fourth-order valence-electron chi connectivity index (χ4n) is 1.87. The molecule has 0 amide bonds. The predicted molar refractivity (Wildman–Crippen MR) is 76.6 cm³/mol. The van der Waals surface area contributed by atoms with Crippen molar-refractivity contribution in [2.24, 2.45) is 0 Å². The molecule has 3 nitrogen and oxygen atoms in total. The van der Waals surface area contributed by atoms with Gasteiger partial charge in [-0.25, -0.2) is 4.98 Å². The summed E-state index contributed by atoms with van der Waals surface area (Å²) in [5, 5.41) is 0.687. The van der Waals surface area contributed by atoms with Gasteiger partial charge in [0.15, 0.2) is 5.58 Å². The van der Waals surface area contributed by atoms with E-state index in [0.29, 0.717) is 5.22 Å². The van der Waals surface area contributed by atoms with E-state index in [4.69, 9.17) is 9.15 Å². The van der Waals surface area contributed by atoms with Crippen LogP contribution >= 0.6 is 11.8 Å². The lowest BCUT2D eigenvalue weighted by atomic mass is 10.2. The van der Waals surface area contributed by atoms with E-state index in [1.807, 2.05) is 42.5 Å². The first-order chi connectivity index (χ1) is 9.36. The summed E-state index contributed by atoms with van der Waals surface area (Å²) < 4.78 is 11.0. The Morgan fingerprint density at radius 2 is 1.89 bits per heavy atom. The molecule has 0 fully saturated rings. The van der Waals surface area contributed by atoms with Gasteiger partial charge in [-0.1, -0.05) is 42.1 Å². The lowest BCUT2D eigenvalue weighted by Gasteiger charge is -2.05. The zero-order chi connectivity index (χ0) is 13.1. The third-order valence-corrected chi connectivity index (χ3v) is 3.69. The summed E-state index contributed by atoms with van der Waals surface area (Å²) in [6.45, 7) is 0. The van der Waals surface area contributed by atoms with Gasteiger partial charge >= 0.3 is 0 Å². The van der Waals surface area contributed by atoms with E-state index in [-0.39, 0.29) is 0 Å². The second-order valence-electron chi connectivity index (χ2n) is 4.05. The number of hydrogen-bond donors (Lipinski definition) is 0. The number of ether oxygens (including phenoxy) is 1. The fourth-order valence-corrected chi connectivity index (χ4v) is 2.70. The molecule has 4 heteroatoms. The average Bonchev–Trinajstić information content (AvgIpc) is 2.88. The number of thioether (sulfide) groups is 1. The van der Waals surface area contributed by atoms with Crippen molar-refractivity contribution < 1.29 is 9.15 Å². The van der Waals surface area contributed by atoms with E-state index in [1.165, 1.54) is 0 Å². The second-order valence-corrected chi connectivity index (χ2v) is 4.97. The molecule has 0 bridgehead atoms. The van der Waals surface area contributed by atoms with Gasteiger partial charge in [-0.15, -0.1) is 0 Å². The highest BCUT2D eigenvalue weighted by molar-refractivity contribution is 7.98. The van der Waals surface area contributed by atoms with Crippen molar-refractivity contribution in [3.63, 3.8) is 0 Å². The van der Waals surface area contributed by atoms with Crippen LogP contribution in [0.3, 0.4) is 0 Å². The van der Waals surface area contributed by atoms with Crippen LogP contribution in [-0.2, 0) is 5.75 Å². The molecule has 0 saturated carbocycles. The highest BCUT2D eigenvalue weighted by Crippen LogP contribution is 2.29. The lowest BCUT2D eigenvalue weighted by molar-refractivity contribution is 0.411. The molecular formula is C15H13NO2S. The standard InChI is InChI=1S/C15H13NO2S/c1-17-13-8-4-2-6-11(13)10-19-15-16-12-7-3-5-9-14(12)18-15/h2-9H,10H2,1H3. The first kappa shape index (κ1) is 12.1. The Kier molecular flexibility index (Phi) is 3.42. The van der Waals surface area contributed by atoms with Crippen LogP contribution in [-0.4, -0.2) is 12.1 Å². The lowest BCUT2D eigenvalue weighted by Crippen LogP contribution is -1.89. The molecule has 0 unspecified atom stereocenters. The largest absolute Gasteiger partial charge is 0.496 e. The van der Waals surface area contributed by atoms with E-state index < -0.39 is 0 Å². The molecule has 0 spiro atoms. The van der Waals surface area contributed by atoms with Crippen molar-refractivity contribution in [3.8, 4) is 5.75 Å². The molecule has 3 rings (SSSR count). The zero-order valence-corrected chi connectivity index (χ0v) is 11.3. The van der Waals surface area contributed by atoms with Gasteiger partial charge < -0.3 is 9.15 Å². The van der Waals surface area contributed by atoms with E-state index in [1.54, 1.807) is 18.9 Å². The van der Waals surface area contributed by atoms with Crippen molar-refractivity contribution in [2.75, 3.05) is 7.11 Å². The summed E-state index contributed by atoms with van der Waals surface area (Å²) in [6, 6.07) is 15.8. The minimum absolute atomic E-state index is 0.687. The number of methoxy groups -OCH3 is 1. The first-order valence-corrected chi connectivity index (χ1v) is 6.95. The zero-order valence-electron chi connectivity index (χ0n) is 10.5. The topological polar surface area (TPSA) is 35.3 Å². The highest BCUT2D eigenvalue weighted by atomic mass is 32.2. The molecule has 0 saturated heterocycles. The van der Waals surface area contributed by atoms with Gasteiger partial charge in [0.1, 0.15) is 11.3 Å². The molecule has 0 radical (unpaired) electrons. The normalized spacial score (nSPS) is 10.8. The SMILES string of the molecule is COc1ccccc1CSc1nc2ccccc2o1. The summed E-state index contributed by atoms with van der Waals surface area (Å²) in [4.78, 5) is 4.44. The van der Waals surface area contributed by atoms with E-state index in [9.17, 15) is 0 Å². The molecule has 0 N–H and O–H groups in total. The van der Waals surface area contributed by atoms with Crippen molar-refractivity contribution in [3.05, 3.63) is 54.1 Å². The molecule has 1 heterocycles. The Balaban J connectivity index is 1.78. The van der Waals surface area contributed by atoms with Gasteiger partial charge in [-0.2, -0.15) is 0 Å². The Labute approximate surface area is 115 Å². The van der Waals surface area contributed by atoms with Crippen molar-refractivity contribution in [1.82, 2.24) is 4.98 Å². The van der Waals surface area contributed by atoms with Crippen molar-refractivity contribution in [1.29, 1.82) is 0 Å². The summed E-state index contributed by atoms with van der Waals surface area (Å²) in [6.07, 6.45) is 0. The predicted octanol–water partition coefficient (Wildman–Crippen LogP) is 4.13. The van der Waals surface area contributed by atoms with Crippen molar-refractivity contribution in [2.45, 2.75) is 11.0 Å². The Morgan fingerprint density at radius 3 is 2.74 bits per heavy atom. The summed E-state index contributed by atoms with van der Waals surface area (Å²) >= 11 is 1.57. The number of hydrogen-bond acceptors (Lipinski definition) is 4. The fraction of sp³-hybridized carbons (Fsp3) is 0.133. The molecule has 96 valence electrons. The van der Waals surface area contributed by atoms with E-state index in [0.717, 1.165) is 28.2 Å². The van der Waals surface area contributed by atoms with Crippen LogP contribution in [0.5, 0.6) is 5.75 Å². The maximum atomic E-state index is 5.67. The number of oxazole rings is 1. The quantitative estimate of drug-likeness (QED) is 0.668. The number of nitrogens with zero attached hydrogens (tertiary/aromatic N) is 1. The summed E-state index contributed by atoms with van der Waals surface area (Å²) in [5.74, 6) is 1.67.